The molecule has 0 aliphatic carbocycles. The third-order valence-corrected chi connectivity index (χ3v) is 5.17. The molecule has 4 nitrogen and oxygen atoms in total. The molecule has 2 rings (SSSR count). The van der Waals surface area contributed by atoms with E-state index in [1.807, 2.05) is 54.6 Å². The molecule has 0 atom stereocenters. The van der Waals surface area contributed by atoms with Gasteiger partial charge in [0.05, 0.1) is 5.75 Å². The van der Waals surface area contributed by atoms with E-state index in [-0.39, 0.29) is 12.3 Å². The molecule has 0 aliphatic heterocycles. The average Bonchev–Trinajstić information content (AvgIpc) is 2.53. The summed E-state index contributed by atoms with van der Waals surface area (Å²) in [7, 11) is -3.25. The van der Waals surface area contributed by atoms with Gasteiger partial charge in [0.25, 0.3) is 0 Å². The van der Waals surface area contributed by atoms with Crippen molar-refractivity contribution in [2.75, 3.05) is 18.9 Å². The summed E-state index contributed by atoms with van der Waals surface area (Å²) in [5.74, 6) is 0.835. The van der Waals surface area contributed by atoms with Crippen molar-refractivity contribution in [3.63, 3.8) is 0 Å². The van der Waals surface area contributed by atoms with Gasteiger partial charge in [-0.15, -0.1) is 0 Å². The van der Waals surface area contributed by atoms with E-state index in [1.54, 1.807) is 0 Å². The molecule has 0 amide bonds. The second kappa shape index (κ2) is 9.05. The van der Waals surface area contributed by atoms with E-state index in [9.17, 15) is 8.42 Å². The predicted octanol–water partition coefficient (Wildman–Crippen LogP) is 3.38. The number of benzene rings is 2. The smallest absolute Gasteiger partial charge is 0.211 e. The summed E-state index contributed by atoms with van der Waals surface area (Å²) in [5.41, 5.74) is 1.15. The predicted molar refractivity (Wildman–Crippen MR) is 96.2 cm³/mol. The minimum atomic E-state index is -3.25. The minimum absolute atomic E-state index is 0.124. The van der Waals surface area contributed by atoms with Crippen LogP contribution in [0.2, 0.25) is 0 Å². The molecule has 1 N–H and O–H groups in total. The molecule has 0 bridgehead atoms. The van der Waals surface area contributed by atoms with Crippen molar-refractivity contribution in [1.82, 2.24) is 4.72 Å². The third kappa shape index (κ3) is 7.16. The van der Waals surface area contributed by atoms with E-state index >= 15 is 0 Å². The number of nitrogens with one attached hydrogen (secondary N) is 1. The molecule has 0 aromatic heterocycles. The first kappa shape index (κ1) is 18.0. The monoisotopic (exact) mass is 397 g/mol. The topological polar surface area (TPSA) is 55.4 Å². The molecule has 23 heavy (non-hydrogen) atoms. The van der Waals surface area contributed by atoms with E-state index in [2.05, 4.69) is 20.7 Å². The van der Waals surface area contributed by atoms with Gasteiger partial charge >= 0.3 is 0 Å². The van der Waals surface area contributed by atoms with Gasteiger partial charge in [-0.3, -0.25) is 0 Å². The van der Waals surface area contributed by atoms with Crippen LogP contribution in [0.4, 0.5) is 0 Å². The number of hydrogen-bond donors (Lipinski definition) is 1. The SMILES string of the molecule is O=S(=O)(CCCc1ccccc1)NCCOc1cccc(Br)c1. The van der Waals surface area contributed by atoms with Crippen LogP contribution in [0.15, 0.2) is 59.1 Å². The van der Waals surface area contributed by atoms with Gasteiger partial charge in [-0.05, 0) is 36.6 Å². The number of rotatable bonds is 9. The first-order valence-electron chi connectivity index (χ1n) is 7.45. The highest BCUT2D eigenvalue weighted by molar-refractivity contribution is 9.10. The molecule has 0 saturated carbocycles. The molecule has 0 aliphatic rings. The van der Waals surface area contributed by atoms with Crippen molar-refractivity contribution in [3.05, 3.63) is 64.6 Å². The Morgan fingerprint density at radius 3 is 2.57 bits per heavy atom. The van der Waals surface area contributed by atoms with Gasteiger partial charge in [0.1, 0.15) is 12.4 Å². The lowest BCUT2D eigenvalue weighted by molar-refractivity contribution is 0.322. The molecule has 2 aromatic carbocycles. The number of halogens is 1. The second-order valence-electron chi connectivity index (χ2n) is 5.11. The van der Waals surface area contributed by atoms with Crippen molar-refractivity contribution >= 4 is 26.0 Å². The molecule has 6 heteroatoms. The quantitative estimate of drug-likeness (QED) is 0.659. The highest BCUT2D eigenvalue weighted by Gasteiger charge is 2.09. The number of aryl methyl sites for hydroxylation is 1. The maximum absolute atomic E-state index is 11.9. The van der Waals surface area contributed by atoms with Crippen molar-refractivity contribution in [2.45, 2.75) is 12.8 Å². The third-order valence-electron chi connectivity index (χ3n) is 3.21. The van der Waals surface area contributed by atoms with Crippen molar-refractivity contribution in [3.8, 4) is 5.75 Å². The largest absolute Gasteiger partial charge is 0.492 e. The van der Waals surface area contributed by atoms with Crippen molar-refractivity contribution in [1.29, 1.82) is 0 Å². The van der Waals surface area contributed by atoms with Gasteiger partial charge in [-0.1, -0.05) is 52.3 Å². The normalized spacial score (nSPS) is 11.3. The Morgan fingerprint density at radius 1 is 1.04 bits per heavy atom. The molecule has 0 saturated heterocycles. The van der Waals surface area contributed by atoms with Gasteiger partial charge in [0, 0.05) is 11.0 Å². The highest BCUT2D eigenvalue weighted by atomic mass is 79.9. The summed E-state index contributed by atoms with van der Waals surface area (Å²) in [6.45, 7) is 0.564. The van der Waals surface area contributed by atoms with E-state index in [4.69, 9.17) is 4.74 Å². The molecule has 0 spiro atoms. The molecular weight excluding hydrogens is 378 g/mol. The van der Waals surface area contributed by atoms with E-state index < -0.39 is 10.0 Å². The lowest BCUT2D eigenvalue weighted by Crippen LogP contribution is -2.30. The molecule has 0 fully saturated rings. The molecule has 0 radical (unpaired) electrons. The summed E-state index contributed by atoms with van der Waals surface area (Å²) in [6.07, 6.45) is 1.36. The number of hydrogen-bond acceptors (Lipinski definition) is 3. The van der Waals surface area contributed by atoms with Crippen LogP contribution >= 0.6 is 15.9 Å². The second-order valence-corrected chi connectivity index (χ2v) is 7.95. The van der Waals surface area contributed by atoms with Crippen LogP contribution in [-0.2, 0) is 16.4 Å². The first-order chi connectivity index (χ1) is 11.1. The molecule has 2 aromatic rings. The molecule has 0 unspecified atom stereocenters. The van der Waals surface area contributed by atoms with Gasteiger partial charge in [0.15, 0.2) is 0 Å². The molecule has 124 valence electrons. The lowest BCUT2D eigenvalue weighted by Gasteiger charge is -2.09. The van der Waals surface area contributed by atoms with Crippen LogP contribution in [0.3, 0.4) is 0 Å². The Morgan fingerprint density at radius 2 is 1.83 bits per heavy atom. The van der Waals surface area contributed by atoms with E-state index in [0.29, 0.717) is 18.8 Å². The first-order valence-corrected chi connectivity index (χ1v) is 9.89. The van der Waals surface area contributed by atoms with Crippen LogP contribution in [0, 0.1) is 0 Å². The molecular formula is C17H20BrNO3S. The van der Waals surface area contributed by atoms with Gasteiger partial charge in [0.2, 0.25) is 10.0 Å². The molecule has 0 heterocycles. The Bertz CT molecular complexity index is 705. The number of ether oxygens (including phenoxy) is 1. The summed E-state index contributed by atoms with van der Waals surface area (Å²) in [6, 6.07) is 17.3. The van der Waals surface area contributed by atoms with Crippen molar-refractivity contribution in [2.24, 2.45) is 0 Å². The highest BCUT2D eigenvalue weighted by Crippen LogP contribution is 2.17. The summed E-state index contributed by atoms with van der Waals surface area (Å²) in [4.78, 5) is 0. The van der Waals surface area contributed by atoms with E-state index in [1.165, 1.54) is 0 Å². The zero-order valence-corrected chi connectivity index (χ0v) is 15.1. The summed E-state index contributed by atoms with van der Waals surface area (Å²) < 4.78 is 32.8. The van der Waals surface area contributed by atoms with Crippen LogP contribution in [0.25, 0.3) is 0 Å². The van der Waals surface area contributed by atoms with Gasteiger partial charge in [-0.2, -0.15) is 0 Å². The zero-order chi connectivity index (χ0) is 16.5. The lowest BCUT2D eigenvalue weighted by atomic mass is 10.1. The van der Waals surface area contributed by atoms with Crippen molar-refractivity contribution < 1.29 is 13.2 Å². The van der Waals surface area contributed by atoms with Gasteiger partial charge < -0.3 is 4.74 Å². The zero-order valence-electron chi connectivity index (χ0n) is 12.7. The summed E-state index contributed by atoms with van der Waals surface area (Å²) in [5, 5.41) is 0. The van der Waals surface area contributed by atoms with Crippen LogP contribution < -0.4 is 9.46 Å². The van der Waals surface area contributed by atoms with Crippen LogP contribution in [-0.4, -0.2) is 27.3 Å². The maximum Gasteiger partial charge on any atom is 0.211 e. The Kier molecular flexibility index (Phi) is 7.08. The maximum atomic E-state index is 11.9. The Labute approximate surface area is 146 Å². The number of sulfonamides is 1. The Balaban J connectivity index is 1.65. The fraction of sp³-hybridized carbons (Fsp3) is 0.294. The van der Waals surface area contributed by atoms with Gasteiger partial charge in [-0.25, -0.2) is 13.1 Å². The average molecular weight is 398 g/mol. The fourth-order valence-corrected chi connectivity index (χ4v) is 3.55. The van der Waals surface area contributed by atoms with Crippen LogP contribution in [0.1, 0.15) is 12.0 Å². The minimum Gasteiger partial charge on any atom is -0.492 e. The standard InChI is InChI=1S/C17H20BrNO3S/c18-16-9-4-10-17(14-16)22-12-11-19-23(20,21)13-5-8-15-6-2-1-3-7-15/h1-4,6-7,9-10,14,19H,5,8,11-13H2. The van der Waals surface area contributed by atoms with Crippen LogP contribution in [0.5, 0.6) is 5.75 Å². The van der Waals surface area contributed by atoms with E-state index in [0.717, 1.165) is 16.5 Å². The Hall–Kier alpha value is -1.37. The fourth-order valence-electron chi connectivity index (χ4n) is 2.11. The summed E-state index contributed by atoms with van der Waals surface area (Å²) >= 11 is 3.36.